The Bertz CT molecular complexity index is 547. The number of halogens is 2. The summed E-state index contributed by atoms with van der Waals surface area (Å²) < 4.78 is 5.45. The van der Waals surface area contributed by atoms with Crippen molar-refractivity contribution in [3.8, 4) is 0 Å². The molecule has 1 N–H and O–H groups in total. The summed E-state index contributed by atoms with van der Waals surface area (Å²) in [6, 6.07) is 8.42. The van der Waals surface area contributed by atoms with E-state index in [0.29, 0.717) is 18.9 Å². The molecule has 26 heavy (non-hydrogen) atoms. The molecule has 0 spiro atoms. The maximum absolute atomic E-state index is 12.5. The molecule has 0 radical (unpaired) electrons. The summed E-state index contributed by atoms with van der Waals surface area (Å²) in [5, 5.41) is 3.37. The number of rotatable bonds is 6. The average molecular weight is 404 g/mol. The quantitative estimate of drug-likeness (QED) is 0.792. The second-order valence-corrected chi connectivity index (χ2v) is 6.88. The van der Waals surface area contributed by atoms with E-state index in [1.54, 1.807) is 0 Å². The van der Waals surface area contributed by atoms with E-state index in [4.69, 9.17) is 4.74 Å². The average Bonchev–Trinajstić information content (AvgIpc) is 3.14. The summed E-state index contributed by atoms with van der Waals surface area (Å²) in [7, 11) is 1.92. The van der Waals surface area contributed by atoms with Crippen LogP contribution in [0.2, 0.25) is 0 Å². The fourth-order valence-corrected chi connectivity index (χ4v) is 3.58. The lowest BCUT2D eigenvalue weighted by molar-refractivity contribution is -0.130. The van der Waals surface area contributed by atoms with Crippen molar-refractivity contribution in [3.05, 3.63) is 29.8 Å². The van der Waals surface area contributed by atoms with Gasteiger partial charge < -0.3 is 19.9 Å². The molecule has 1 atom stereocenters. The minimum absolute atomic E-state index is 0. The summed E-state index contributed by atoms with van der Waals surface area (Å²) in [4.78, 5) is 16.7. The Kier molecular flexibility index (Phi) is 10.3. The molecular formula is C19H31Cl2N3O2. The smallest absolute Gasteiger partial charge is 0.222 e. The lowest BCUT2D eigenvalue weighted by Gasteiger charge is -2.31. The molecule has 2 fully saturated rings. The van der Waals surface area contributed by atoms with Crippen molar-refractivity contribution < 1.29 is 9.53 Å². The first kappa shape index (κ1) is 23.0. The van der Waals surface area contributed by atoms with E-state index in [0.717, 1.165) is 45.8 Å². The molecule has 1 amide bonds. The fraction of sp³-hybridized carbons (Fsp3) is 0.632. The van der Waals surface area contributed by atoms with E-state index in [1.165, 1.54) is 17.7 Å². The zero-order valence-corrected chi connectivity index (χ0v) is 17.1. The topological polar surface area (TPSA) is 44.8 Å². The Balaban J connectivity index is 0.00000169. The van der Waals surface area contributed by atoms with Gasteiger partial charge in [-0.1, -0.05) is 18.2 Å². The maximum atomic E-state index is 12.5. The van der Waals surface area contributed by atoms with Crippen LogP contribution in [0, 0.1) is 5.92 Å². The van der Waals surface area contributed by atoms with Crippen molar-refractivity contribution in [2.24, 2.45) is 5.92 Å². The van der Waals surface area contributed by atoms with Crippen LogP contribution in [-0.4, -0.2) is 57.2 Å². The molecule has 1 aromatic rings. The van der Waals surface area contributed by atoms with Gasteiger partial charge in [-0.15, -0.1) is 24.8 Å². The monoisotopic (exact) mass is 403 g/mol. The third-order valence-corrected chi connectivity index (χ3v) is 5.11. The van der Waals surface area contributed by atoms with Crippen molar-refractivity contribution in [1.82, 2.24) is 10.2 Å². The molecule has 0 aromatic heterocycles. The molecule has 0 saturated carbocycles. The lowest BCUT2D eigenvalue weighted by atomic mass is 10.0. The minimum atomic E-state index is 0. The molecule has 0 bridgehead atoms. The number of para-hydroxylation sites is 1. The standard InChI is InChI=1S/C19H29N3O2.2ClH/c1-21(19(23)7-6-16-8-9-20-14-16)15-17-4-2-3-5-18(17)22-10-12-24-13-11-22;;/h2-5,16,20H,6-15H2,1H3;2*1H. The highest BCUT2D eigenvalue weighted by atomic mass is 35.5. The van der Waals surface area contributed by atoms with Gasteiger partial charge in [0, 0.05) is 38.8 Å². The molecule has 2 saturated heterocycles. The molecule has 5 nitrogen and oxygen atoms in total. The number of hydrogen-bond donors (Lipinski definition) is 1. The van der Waals surface area contributed by atoms with Crippen molar-refractivity contribution in [3.63, 3.8) is 0 Å². The highest BCUT2D eigenvalue weighted by Crippen LogP contribution is 2.23. The Morgan fingerprint density at radius 2 is 2.00 bits per heavy atom. The van der Waals surface area contributed by atoms with Crippen LogP contribution in [0.15, 0.2) is 24.3 Å². The largest absolute Gasteiger partial charge is 0.378 e. The van der Waals surface area contributed by atoms with Gasteiger partial charge in [-0.2, -0.15) is 0 Å². The molecule has 3 rings (SSSR count). The van der Waals surface area contributed by atoms with Crippen LogP contribution >= 0.6 is 24.8 Å². The number of benzene rings is 1. The van der Waals surface area contributed by atoms with Crippen molar-refractivity contribution in [2.45, 2.75) is 25.8 Å². The van der Waals surface area contributed by atoms with Crippen molar-refractivity contribution >= 4 is 36.4 Å². The molecule has 2 aliphatic heterocycles. The number of morpholine rings is 1. The maximum Gasteiger partial charge on any atom is 0.222 e. The first-order valence-corrected chi connectivity index (χ1v) is 9.09. The predicted octanol–water partition coefficient (Wildman–Crippen LogP) is 2.71. The zero-order chi connectivity index (χ0) is 16.8. The molecule has 1 aromatic carbocycles. The normalized spacial score (nSPS) is 19.4. The van der Waals surface area contributed by atoms with Gasteiger partial charge in [-0.05, 0) is 43.5 Å². The van der Waals surface area contributed by atoms with Crippen molar-refractivity contribution in [2.75, 3.05) is 51.3 Å². The summed E-state index contributed by atoms with van der Waals surface area (Å²) in [6.07, 6.45) is 2.86. The highest BCUT2D eigenvalue weighted by Gasteiger charge is 2.19. The van der Waals surface area contributed by atoms with Crippen LogP contribution in [0.1, 0.15) is 24.8 Å². The second-order valence-electron chi connectivity index (χ2n) is 6.88. The Morgan fingerprint density at radius 3 is 2.69 bits per heavy atom. The number of hydrogen-bond acceptors (Lipinski definition) is 4. The summed E-state index contributed by atoms with van der Waals surface area (Å²) >= 11 is 0. The van der Waals surface area contributed by atoms with Crippen molar-refractivity contribution in [1.29, 1.82) is 0 Å². The van der Waals surface area contributed by atoms with Gasteiger partial charge in [0.1, 0.15) is 0 Å². The Hall–Kier alpha value is -1.01. The van der Waals surface area contributed by atoms with Crippen LogP contribution in [0.4, 0.5) is 5.69 Å². The molecule has 0 aliphatic carbocycles. The molecule has 2 aliphatic rings. The SMILES string of the molecule is CN(Cc1ccccc1N1CCOCC1)C(=O)CCC1CCNC1.Cl.Cl. The third kappa shape index (κ3) is 6.31. The molecule has 148 valence electrons. The van der Waals surface area contributed by atoms with Gasteiger partial charge in [-0.3, -0.25) is 4.79 Å². The van der Waals surface area contributed by atoms with Gasteiger partial charge in [0.15, 0.2) is 0 Å². The minimum Gasteiger partial charge on any atom is -0.378 e. The van der Waals surface area contributed by atoms with Crippen LogP contribution in [0.5, 0.6) is 0 Å². The number of amides is 1. The first-order chi connectivity index (χ1) is 11.7. The number of nitrogens with one attached hydrogen (secondary N) is 1. The predicted molar refractivity (Wildman–Crippen MR) is 111 cm³/mol. The third-order valence-electron chi connectivity index (χ3n) is 5.11. The van der Waals surface area contributed by atoms with Gasteiger partial charge in [0.2, 0.25) is 5.91 Å². The fourth-order valence-electron chi connectivity index (χ4n) is 3.58. The van der Waals surface area contributed by atoms with Crippen LogP contribution in [0.3, 0.4) is 0 Å². The van der Waals surface area contributed by atoms with Crippen LogP contribution < -0.4 is 10.2 Å². The van der Waals surface area contributed by atoms with E-state index in [9.17, 15) is 4.79 Å². The summed E-state index contributed by atoms with van der Waals surface area (Å²) in [5.41, 5.74) is 2.46. The molecule has 2 heterocycles. The van der Waals surface area contributed by atoms with E-state index < -0.39 is 0 Å². The van der Waals surface area contributed by atoms with E-state index in [-0.39, 0.29) is 30.7 Å². The first-order valence-electron chi connectivity index (χ1n) is 9.09. The van der Waals surface area contributed by atoms with Gasteiger partial charge >= 0.3 is 0 Å². The number of carbonyl (C=O) groups is 1. The number of ether oxygens (including phenoxy) is 1. The molecular weight excluding hydrogens is 373 g/mol. The zero-order valence-electron chi connectivity index (χ0n) is 15.5. The highest BCUT2D eigenvalue weighted by molar-refractivity contribution is 5.85. The van der Waals surface area contributed by atoms with Crippen LogP contribution in [0.25, 0.3) is 0 Å². The number of anilines is 1. The Morgan fingerprint density at radius 1 is 1.27 bits per heavy atom. The number of carbonyl (C=O) groups excluding carboxylic acids is 1. The van der Waals surface area contributed by atoms with E-state index in [2.05, 4.69) is 34.5 Å². The van der Waals surface area contributed by atoms with Crippen LogP contribution in [-0.2, 0) is 16.1 Å². The lowest BCUT2D eigenvalue weighted by Crippen LogP contribution is -2.37. The summed E-state index contributed by atoms with van der Waals surface area (Å²) in [6.45, 7) is 6.23. The van der Waals surface area contributed by atoms with Gasteiger partial charge in [-0.25, -0.2) is 0 Å². The number of nitrogens with zero attached hydrogens (tertiary/aromatic N) is 2. The Labute approximate surface area is 169 Å². The summed E-state index contributed by atoms with van der Waals surface area (Å²) in [5.74, 6) is 0.918. The molecule has 1 unspecified atom stereocenters. The van der Waals surface area contributed by atoms with E-state index in [1.807, 2.05) is 11.9 Å². The van der Waals surface area contributed by atoms with Gasteiger partial charge in [0.25, 0.3) is 0 Å². The molecule has 7 heteroatoms. The van der Waals surface area contributed by atoms with Gasteiger partial charge in [0.05, 0.1) is 13.2 Å². The van der Waals surface area contributed by atoms with E-state index >= 15 is 0 Å². The second kappa shape index (κ2) is 11.7.